The molecular formula is C70H37N3. The summed E-state index contributed by atoms with van der Waals surface area (Å²) in [5.41, 5.74) is 13.0. The molecule has 73 heavy (non-hydrogen) atoms. The smallest absolute Gasteiger partial charge is 0.142 e. The monoisotopic (exact) mass is 919 g/mol. The molecule has 0 amide bonds. The SMILES string of the molecule is C(#Cc1cccc(C#Cc2cccnc2)c1)c1ccc(C#CC(C#Cc2ccc(C#Cc3cccc(C#Cc4cccnc4)c3)cc2)C#Cc2ccc(C#Cc3cccc(C#Cc4cccnc4)c3)cc2)cc1. The summed E-state index contributed by atoms with van der Waals surface area (Å²) in [5.74, 6) is 57.9. The lowest BCUT2D eigenvalue weighted by Gasteiger charge is -1.96. The lowest BCUT2D eigenvalue weighted by molar-refractivity contribution is 1.23. The lowest BCUT2D eigenvalue weighted by Crippen LogP contribution is -1.90. The summed E-state index contributed by atoms with van der Waals surface area (Å²) in [6.45, 7) is 0. The van der Waals surface area contributed by atoms with Crippen molar-refractivity contribution < 1.29 is 0 Å². The lowest BCUT2D eigenvalue weighted by atomic mass is 10.1. The second-order valence-corrected chi connectivity index (χ2v) is 15.9. The van der Waals surface area contributed by atoms with Gasteiger partial charge in [-0.2, -0.15) is 0 Å². The van der Waals surface area contributed by atoms with Crippen molar-refractivity contribution in [3.63, 3.8) is 0 Å². The highest BCUT2D eigenvalue weighted by atomic mass is 14.6. The van der Waals surface area contributed by atoms with Crippen molar-refractivity contribution in [2.24, 2.45) is 5.92 Å². The summed E-state index contributed by atoms with van der Waals surface area (Å²) in [6.07, 6.45) is 10.4. The third-order valence-electron chi connectivity index (χ3n) is 10.4. The van der Waals surface area contributed by atoms with Crippen LogP contribution in [0.4, 0.5) is 0 Å². The molecule has 0 saturated heterocycles. The van der Waals surface area contributed by atoms with Crippen LogP contribution in [-0.2, 0) is 0 Å². The molecule has 3 heteroatoms. The van der Waals surface area contributed by atoms with E-state index in [0.29, 0.717) is 0 Å². The minimum Gasteiger partial charge on any atom is -0.263 e. The molecule has 0 aliphatic rings. The van der Waals surface area contributed by atoms with Gasteiger partial charge in [0.05, 0.1) is 0 Å². The van der Waals surface area contributed by atoms with Crippen molar-refractivity contribution in [2.75, 3.05) is 0 Å². The molecule has 3 heterocycles. The van der Waals surface area contributed by atoms with Gasteiger partial charge < -0.3 is 0 Å². The van der Waals surface area contributed by atoms with Gasteiger partial charge in [-0.15, -0.1) is 0 Å². The number of pyridine rings is 3. The molecule has 0 atom stereocenters. The largest absolute Gasteiger partial charge is 0.263 e. The fourth-order valence-electron chi connectivity index (χ4n) is 6.69. The summed E-state index contributed by atoms with van der Waals surface area (Å²) in [6, 6.07) is 58.7. The molecule has 0 aliphatic carbocycles. The molecule has 6 aromatic carbocycles. The van der Waals surface area contributed by atoms with Crippen LogP contribution in [-0.4, -0.2) is 15.0 Å². The van der Waals surface area contributed by atoms with Gasteiger partial charge in [0.15, 0.2) is 0 Å². The maximum absolute atomic E-state index is 4.13. The first kappa shape index (κ1) is 46.9. The highest BCUT2D eigenvalue weighted by Crippen LogP contribution is 2.11. The number of aromatic nitrogens is 3. The van der Waals surface area contributed by atoms with Gasteiger partial charge in [-0.3, -0.25) is 15.0 Å². The van der Waals surface area contributed by atoms with E-state index in [9.17, 15) is 0 Å². The quantitative estimate of drug-likeness (QED) is 0.142. The average molecular weight is 920 g/mol. The van der Waals surface area contributed by atoms with E-state index < -0.39 is 5.92 Å². The van der Waals surface area contributed by atoms with E-state index >= 15 is 0 Å². The topological polar surface area (TPSA) is 38.7 Å². The van der Waals surface area contributed by atoms with Crippen LogP contribution in [0.15, 0.2) is 219 Å². The van der Waals surface area contributed by atoms with E-state index in [4.69, 9.17) is 0 Å². The van der Waals surface area contributed by atoms with E-state index in [-0.39, 0.29) is 0 Å². The molecule has 0 spiro atoms. The summed E-state index contributed by atoms with van der Waals surface area (Å²) >= 11 is 0. The molecule has 0 saturated carbocycles. The van der Waals surface area contributed by atoms with Crippen molar-refractivity contribution >= 4 is 0 Å². The fraction of sp³-hybridized carbons (Fsp3) is 0.0143. The van der Waals surface area contributed by atoms with E-state index in [1.165, 1.54) is 0 Å². The standard InChI is InChI=1S/C70H37N3/c1-7-62(49-65(10-1)40-43-68-13-4-46-71-52-68)37-34-59-28-22-56(23-29-59)19-16-55(17-20-57-24-30-60(31-25-57)35-38-63-8-2-11-66(50-63)41-44-69-14-5-47-72-53-69)18-21-58-26-32-61(33-27-58)36-39-64-9-3-12-67(51-64)42-45-70-15-6-48-73-54-70/h1-15,22-33,46-55H. The van der Waals surface area contributed by atoms with E-state index in [1.54, 1.807) is 37.2 Å². The summed E-state index contributed by atoms with van der Waals surface area (Å²) < 4.78 is 0. The maximum Gasteiger partial charge on any atom is 0.142 e. The van der Waals surface area contributed by atoms with Gasteiger partial charge in [-0.1, -0.05) is 125 Å². The Morgan fingerprint density at radius 1 is 0.205 bits per heavy atom. The third-order valence-corrected chi connectivity index (χ3v) is 10.4. The predicted molar refractivity (Wildman–Crippen MR) is 291 cm³/mol. The molecule has 3 aromatic heterocycles. The second kappa shape index (κ2) is 24.7. The number of hydrogen-bond acceptors (Lipinski definition) is 3. The highest BCUT2D eigenvalue weighted by Gasteiger charge is 1.99. The Hall–Kier alpha value is -11.2. The van der Waals surface area contributed by atoms with Gasteiger partial charge in [0.25, 0.3) is 0 Å². The van der Waals surface area contributed by atoms with Gasteiger partial charge in [0.1, 0.15) is 5.92 Å². The fourth-order valence-corrected chi connectivity index (χ4v) is 6.69. The Morgan fingerprint density at radius 3 is 0.644 bits per heavy atom. The Balaban J connectivity index is 0.907. The van der Waals surface area contributed by atoms with Crippen molar-refractivity contribution in [1.82, 2.24) is 15.0 Å². The highest BCUT2D eigenvalue weighted by molar-refractivity contribution is 5.54. The molecule has 9 aromatic rings. The van der Waals surface area contributed by atoms with Gasteiger partial charge in [-0.05, 0) is 164 Å². The van der Waals surface area contributed by atoms with E-state index in [1.807, 2.05) is 182 Å². The molecule has 0 unspecified atom stereocenters. The molecular weight excluding hydrogens is 883 g/mol. The minimum atomic E-state index is -0.547. The van der Waals surface area contributed by atoms with Crippen LogP contribution in [0.25, 0.3) is 0 Å². The molecule has 0 radical (unpaired) electrons. The van der Waals surface area contributed by atoms with Crippen LogP contribution >= 0.6 is 0 Å². The minimum absolute atomic E-state index is 0.547. The Kier molecular flexibility index (Phi) is 15.9. The zero-order valence-electron chi connectivity index (χ0n) is 39.2. The Morgan fingerprint density at radius 2 is 0.411 bits per heavy atom. The van der Waals surface area contributed by atoms with Crippen molar-refractivity contribution in [1.29, 1.82) is 0 Å². The molecule has 0 N–H and O–H groups in total. The average Bonchev–Trinajstić information content (AvgIpc) is 3.45. The second-order valence-electron chi connectivity index (χ2n) is 15.9. The third kappa shape index (κ3) is 15.2. The Labute approximate surface area is 427 Å². The van der Waals surface area contributed by atoms with Gasteiger partial charge >= 0.3 is 0 Å². The normalized spacial score (nSPS) is 9.33. The first-order chi connectivity index (χ1) is 36.1. The molecule has 0 fully saturated rings. The number of nitrogens with zero attached hydrogens (tertiary/aromatic N) is 3. The molecule has 0 bridgehead atoms. The number of rotatable bonds is 0. The van der Waals surface area contributed by atoms with Crippen LogP contribution in [0.5, 0.6) is 0 Å². The number of benzene rings is 6. The van der Waals surface area contributed by atoms with Gasteiger partial charge in [0.2, 0.25) is 0 Å². The van der Waals surface area contributed by atoms with Crippen LogP contribution < -0.4 is 0 Å². The van der Waals surface area contributed by atoms with Crippen LogP contribution in [0.2, 0.25) is 0 Å². The summed E-state index contributed by atoms with van der Waals surface area (Å²) in [5, 5.41) is 0. The molecule has 332 valence electrons. The van der Waals surface area contributed by atoms with E-state index in [2.05, 4.69) is 122 Å². The predicted octanol–water partition coefficient (Wildman–Crippen LogP) is 11.3. The maximum atomic E-state index is 4.13. The Bertz CT molecular complexity index is 3600. The van der Waals surface area contributed by atoms with Gasteiger partial charge in [-0.25, -0.2) is 0 Å². The van der Waals surface area contributed by atoms with Gasteiger partial charge in [0, 0.05) is 121 Å². The molecule has 3 nitrogen and oxygen atoms in total. The zero-order valence-corrected chi connectivity index (χ0v) is 39.2. The van der Waals surface area contributed by atoms with Crippen LogP contribution in [0.1, 0.15) is 83.5 Å². The molecule has 0 aliphatic heterocycles. The first-order valence-corrected chi connectivity index (χ1v) is 23.1. The first-order valence-electron chi connectivity index (χ1n) is 23.1. The summed E-state index contributed by atoms with van der Waals surface area (Å²) in [7, 11) is 0. The zero-order chi connectivity index (χ0) is 49.5. The van der Waals surface area contributed by atoms with Crippen LogP contribution in [0.3, 0.4) is 0 Å². The van der Waals surface area contributed by atoms with Crippen molar-refractivity contribution in [3.8, 4) is 107 Å². The van der Waals surface area contributed by atoms with Crippen molar-refractivity contribution in [2.45, 2.75) is 0 Å². The van der Waals surface area contributed by atoms with Crippen molar-refractivity contribution in [3.05, 3.63) is 303 Å². The van der Waals surface area contributed by atoms with Crippen LogP contribution in [0, 0.1) is 112 Å². The number of hydrogen-bond donors (Lipinski definition) is 0. The molecule has 9 rings (SSSR count). The summed E-state index contributed by atoms with van der Waals surface area (Å²) in [4.78, 5) is 12.4. The van der Waals surface area contributed by atoms with E-state index in [0.717, 1.165) is 83.5 Å².